The number of benzene rings is 6. The second-order valence-corrected chi connectivity index (χ2v) is 14.5. The van der Waals surface area contributed by atoms with Gasteiger partial charge < -0.3 is 9.47 Å². The summed E-state index contributed by atoms with van der Waals surface area (Å²) in [6.07, 6.45) is 0. The lowest BCUT2D eigenvalue weighted by Crippen LogP contribution is -2.28. The summed E-state index contributed by atoms with van der Waals surface area (Å²) in [4.78, 5) is 0. The summed E-state index contributed by atoms with van der Waals surface area (Å²) < 4.78 is 12.2. The van der Waals surface area contributed by atoms with Gasteiger partial charge in [0.15, 0.2) is 0 Å². The van der Waals surface area contributed by atoms with Gasteiger partial charge in [0.25, 0.3) is 0 Å². The minimum atomic E-state index is -0.438. The smallest absolute Gasteiger partial charge is 0.119 e. The second kappa shape index (κ2) is 10.1. The Balaban J connectivity index is 1.21. The third kappa shape index (κ3) is 4.42. The molecule has 6 aromatic carbocycles. The molecule has 0 aromatic heterocycles. The van der Waals surface area contributed by atoms with E-state index in [1.165, 1.54) is 66.4 Å². The zero-order valence-electron chi connectivity index (χ0n) is 23.7. The third-order valence-electron chi connectivity index (χ3n) is 9.12. The van der Waals surface area contributed by atoms with Crippen LogP contribution < -0.4 is 9.47 Å². The molecule has 0 spiro atoms. The van der Waals surface area contributed by atoms with E-state index >= 15 is 0 Å². The largest absolute Gasteiger partial charge is 0.492 e. The zero-order valence-corrected chi connectivity index (χ0v) is 25.3. The Morgan fingerprint density at radius 3 is 1.40 bits per heavy atom. The van der Waals surface area contributed by atoms with Crippen molar-refractivity contribution < 1.29 is 9.47 Å². The maximum Gasteiger partial charge on any atom is 0.119 e. The number of fused-ring (bicyclic) bond motifs is 5. The van der Waals surface area contributed by atoms with Crippen LogP contribution >= 0.6 is 23.5 Å². The molecule has 0 N–H and O–H groups in total. The van der Waals surface area contributed by atoms with Gasteiger partial charge in [-0.3, -0.25) is 0 Å². The van der Waals surface area contributed by atoms with Gasteiger partial charge in [0, 0.05) is 22.0 Å². The van der Waals surface area contributed by atoms with E-state index in [1.54, 1.807) is 0 Å². The Bertz CT molecular complexity index is 1880. The fourth-order valence-electron chi connectivity index (χ4n) is 6.82. The summed E-state index contributed by atoms with van der Waals surface area (Å²) in [5.74, 6) is 4.33. The Morgan fingerprint density at radius 1 is 0.512 bits per heavy atom. The molecule has 2 heterocycles. The summed E-state index contributed by atoms with van der Waals surface area (Å²) in [6.45, 7) is 1.58. The fraction of sp³-hybridized carbons (Fsp3) is 0.179. The van der Waals surface area contributed by atoms with Crippen molar-refractivity contribution in [3.8, 4) is 22.6 Å². The Morgan fingerprint density at radius 2 is 0.930 bits per heavy atom. The molecule has 210 valence electrons. The SMILES string of the molecule is c1ccc2c(c1)-c1ccccc1C2(c1ccc2cc(OCC3CS3)ccc2c1)c1ccc2cc(OCC3CS3)ccc2c1. The minimum absolute atomic E-state index is 0.438. The Kier molecular flexibility index (Phi) is 6.02. The molecule has 2 fully saturated rings. The first-order valence-electron chi connectivity index (χ1n) is 15.0. The van der Waals surface area contributed by atoms with Gasteiger partial charge in [-0.25, -0.2) is 0 Å². The molecule has 4 heteroatoms. The molecule has 2 atom stereocenters. The van der Waals surface area contributed by atoms with Crippen molar-refractivity contribution in [1.82, 2.24) is 0 Å². The molecule has 0 radical (unpaired) electrons. The van der Waals surface area contributed by atoms with Crippen LogP contribution in [0.15, 0.2) is 121 Å². The quantitative estimate of drug-likeness (QED) is 0.163. The lowest BCUT2D eigenvalue weighted by atomic mass is 9.67. The maximum absolute atomic E-state index is 6.10. The van der Waals surface area contributed by atoms with Crippen LogP contribution in [0.4, 0.5) is 0 Å². The first kappa shape index (κ1) is 25.6. The molecule has 6 aromatic rings. The molecule has 0 bridgehead atoms. The molecule has 2 nitrogen and oxygen atoms in total. The van der Waals surface area contributed by atoms with Crippen molar-refractivity contribution in [1.29, 1.82) is 0 Å². The van der Waals surface area contributed by atoms with E-state index < -0.39 is 5.41 Å². The predicted octanol–water partition coefficient (Wildman–Crippen LogP) is 9.34. The van der Waals surface area contributed by atoms with Crippen LogP contribution in [-0.2, 0) is 5.41 Å². The second-order valence-electron chi connectivity index (χ2n) is 11.8. The fourth-order valence-corrected chi connectivity index (χ4v) is 7.62. The van der Waals surface area contributed by atoms with E-state index in [0.717, 1.165) is 24.7 Å². The van der Waals surface area contributed by atoms with Crippen LogP contribution in [0.5, 0.6) is 11.5 Å². The number of rotatable bonds is 8. The van der Waals surface area contributed by atoms with Crippen molar-refractivity contribution >= 4 is 45.1 Å². The van der Waals surface area contributed by atoms with Gasteiger partial charge in [-0.15, -0.1) is 0 Å². The molecule has 2 unspecified atom stereocenters. The number of hydrogen-bond acceptors (Lipinski definition) is 4. The van der Waals surface area contributed by atoms with E-state index in [9.17, 15) is 0 Å². The molecular formula is C39H30O2S2. The van der Waals surface area contributed by atoms with Gasteiger partial charge in [0.2, 0.25) is 0 Å². The van der Waals surface area contributed by atoms with Crippen LogP contribution in [-0.4, -0.2) is 35.2 Å². The van der Waals surface area contributed by atoms with E-state index in [-0.39, 0.29) is 0 Å². The molecular weight excluding hydrogens is 565 g/mol. The minimum Gasteiger partial charge on any atom is -0.492 e. The first-order valence-corrected chi connectivity index (χ1v) is 17.1. The predicted molar refractivity (Wildman–Crippen MR) is 182 cm³/mol. The molecule has 1 aliphatic carbocycles. The zero-order chi connectivity index (χ0) is 28.4. The average molecular weight is 595 g/mol. The molecule has 43 heavy (non-hydrogen) atoms. The van der Waals surface area contributed by atoms with Gasteiger partial charge in [0.05, 0.1) is 5.41 Å². The van der Waals surface area contributed by atoms with Crippen molar-refractivity contribution in [2.75, 3.05) is 24.7 Å². The number of ether oxygens (including phenoxy) is 2. The van der Waals surface area contributed by atoms with Crippen LogP contribution in [0.25, 0.3) is 32.7 Å². The highest BCUT2D eigenvalue weighted by Crippen LogP contribution is 2.56. The highest BCUT2D eigenvalue weighted by molar-refractivity contribution is 8.07. The monoisotopic (exact) mass is 594 g/mol. The summed E-state index contributed by atoms with van der Waals surface area (Å²) >= 11 is 3.94. The normalized spacial score (nSPS) is 19.2. The lowest BCUT2D eigenvalue weighted by Gasteiger charge is -2.34. The van der Waals surface area contributed by atoms with Crippen molar-refractivity contribution in [2.24, 2.45) is 0 Å². The highest BCUT2D eigenvalue weighted by atomic mass is 32.2. The van der Waals surface area contributed by atoms with Gasteiger partial charge in [0.1, 0.15) is 24.7 Å². The van der Waals surface area contributed by atoms with Gasteiger partial charge in [-0.1, -0.05) is 84.9 Å². The molecule has 0 saturated carbocycles. The van der Waals surface area contributed by atoms with Crippen LogP contribution in [0.2, 0.25) is 0 Å². The van der Waals surface area contributed by atoms with Crippen LogP contribution in [0.1, 0.15) is 22.3 Å². The number of hydrogen-bond donors (Lipinski definition) is 0. The van der Waals surface area contributed by atoms with Crippen LogP contribution in [0.3, 0.4) is 0 Å². The molecule has 9 rings (SSSR count). The standard InChI is InChI=1S/C39H30O2S2/c1-3-7-37-35(5-1)36-6-2-4-8-38(36)39(37,29-13-9-27-19-31(15-11-25(27)17-29)40-21-33-23-42-33)30-14-10-28-20-32(16-12-26(28)18-30)41-22-34-24-43-34/h1-20,33-34H,21-24H2. The van der Waals surface area contributed by atoms with Crippen LogP contribution in [0, 0.1) is 0 Å². The summed E-state index contributed by atoms with van der Waals surface area (Å²) in [5.41, 5.74) is 7.40. The Labute approximate surface area is 260 Å². The topological polar surface area (TPSA) is 18.5 Å². The Hall–Kier alpha value is -3.86. The van der Waals surface area contributed by atoms with Crippen molar-refractivity contribution in [2.45, 2.75) is 15.9 Å². The molecule has 2 saturated heterocycles. The lowest BCUT2D eigenvalue weighted by molar-refractivity contribution is 0.330. The number of thioether (sulfide) groups is 2. The molecule has 0 amide bonds. The average Bonchev–Trinajstić information content (AvgIpc) is 4.00. The first-order chi connectivity index (χ1) is 21.3. The van der Waals surface area contributed by atoms with Gasteiger partial charge in [-0.2, -0.15) is 23.5 Å². The highest BCUT2D eigenvalue weighted by Gasteiger charge is 2.46. The van der Waals surface area contributed by atoms with E-state index in [0.29, 0.717) is 10.5 Å². The summed E-state index contributed by atoms with van der Waals surface area (Å²) in [6, 6.07) is 45.0. The summed E-state index contributed by atoms with van der Waals surface area (Å²) in [7, 11) is 0. The van der Waals surface area contributed by atoms with Gasteiger partial charge in [-0.05, 0) is 91.3 Å². The van der Waals surface area contributed by atoms with E-state index in [1.807, 2.05) is 23.5 Å². The van der Waals surface area contributed by atoms with Crippen molar-refractivity contribution in [3.63, 3.8) is 0 Å². The molecule has 2 aliphatic heterocycles. The molecule has 3 aliphatic rings. The summed E-state index contributed by atoms with van der Waals surface area (Å²) in [5, 5.41) is 6.17. The van der Waals surface area contributed by atoms with Gasteiger partial charge >= 0.3 is 0 Å². The third-order valence-corrected chi connectivity index (χ3v) is 11.0. The van der Waals surface area contributed by atoms with E-state index in [4.69, 9.17) is 9.47 Å². The van der Waals surface area contributed by atoms with E-state index in [2.05, 4.69) is 121 Å². The van der Waals surface area contributed by atoms with Crippen molar-refractivity contribution in [3.05, 3.63) is 144 Å². The maximum atomic E-state index is 6.10.